The third kappa shape index (κ3) is 2.58. The van der Waals surface area contributed by atoms with Crippen LogP contribution in [-0.4, -0.2) is 4.98 Å². The molecule has 0 aliphatic rings. The number of ether oxygens (including phenoxy) is 1. The predicted molar refractivity (Wildman–Crippen MR) is 85.9 cm³/mol. The number of para-hydroxylation sites is 1. The zero-order valence-corrected chi connectivity index (χ0v) is 12.4. The maximum Gasteiger partial charge on any atom is 0.153 e. The highest BCUT2D eigenvalue weighted by Gasteiger charge is 2.11. The van der Waals surface area contributed by atoms with E-state index in [1.807, 2.05) is 49.4 Å². The lowest BCUT2D eigenvalue weighted by Crippen LogP contribution is -2.01. The number of benzene rings is 2. The minimum atomic E-state index is 0.427. The molecule has 1 aromatic heterocycles. The predicted octanol–water partition coefficient (Wildman–Crippen LogP) is 4.45. The summed E-state index contributed by atoms with van der Waals surface area (Å²) in [5, 5.41) is 1.54. The van der Waals surface area contributed by atoms with Crippen LogP contribution in [0.3, 0.4) is 0 Å². The van der Waals surface area contributed by atoms with Crippen molar-refractivity contribution in [2.24, 2.45) is 5.73 Å². The van der Waals surface area contributed by atoms with Crippen molar-refractivity contribution in [2.45, 2.75) is 13.5 Å². The first kappa shape index (κ1) is 13.9. The van der Waals surface area contributed by atoms with Crippen LogP contribution in [0.1, 0.15) is 11.1 Å². The molecule has 3 aromatic rings. The zero-order valence-electron chi connectivity index (χ0n) is 11.6. The minimum absolute atomic E-state index is 0.427. The molecule has 0 fully saturated rings. The van der Waals surface area contributed by atoms with Crippen LogP contribution in [0.4, 0.5) is 0 Å². The van der Waals surface area contributed by atoms with E-state index in [2.05, 4.69) is 4.98 Å². The van der Waals surface area contributed by atoms with Gasteiger partial charge in [-0.2, -0.15) is 0 Å². The molecule has 21 heavy (non-hydrogen) atoms. The van der Waals surface area contributed by atoms with E-state index in [1.165, 1.54) is 0 Å². The summed E-state index contributed by atoms with van der Waals surface area (Å²) in [5.41, 5.74) is 8.55. The van der Waals surface area contributed by atoms with Crippen LogP contribution in [0.2, 0.25) is 5.02 Å². The van der Waals surface area contributed by atoms with Gasteiger partial charge in [0.15, 0.2) is 5.75 Å². The smallest absolute Gasteiger partial charge is 0.153 e. The molecule has 4 heteroatoms. The Morgan fingerprint density at radius 3 is 2.81 bits per heavy atom. The summed E-state index contributed by atoms with van der Waals surface area (Å²) < 4.78 is 6.10. The molecular formula is C17H15ClN2O. The summed E-state index contributed by atoms with van der Waals surface area (Å²) in [6, 6.07) is 13.4. The first-order valence-corrected chi connectivity index (χ1v) is 7.08. The number of aromatic nitrogens is 1. The summed E-state index contributed by atoms with van der Waals surface area (Å²) >= 11 is 6.21. The highest BCUT2D eigenvalue weighted by molar-refractivity contribution is 6.35. The molecule has 0 saturated carbocycles. The number of halogens is 1. The molecular weight excluding hydrogens is 284 g/mol. The Morgan fingerprint density at radius 2 is 2.00 bits per heavy atom. The average Bonchev–Trinajstić information content (AvgIpc) is 2.52. The Labute approximate surface area is 128 Å². The Balaban J connectivity index is 2.13. The lowest BCUT2D eigenvalue weighted by molar-refractivity contribution is 0.477. The Bertz CT molecular complexity index is 802. The summed E-state index contributed by atoms with van der Waals surface area (Å²) in [6.45, 7) is 2.43. The monoisotopic (exact) mass is 298 g/mol. The molecule has 2 aromatic carbocycles. The Morgan fingerprint density at radius 1 is 1.14 bits per heavy atom. The first-order valence-electron chi connectivity index (χ1n) is 6.70. The molecule has 0 bridgehead atoms. The molecule has 0 aliphatic heterocycles. The molecule has 0 aliphatic carbocycles. The quantitative estimate of drug-likeness (QED) is 0.777. The fraction of sp³-hybridized carbons (Fsp3) is 0.118. The lowest BCUT2D eigenvalue weighted by atomic mass is 10.1. The molecule has 0 unspecified atom stereocenters. The molecule has 0 radical (unpaired) electrons. The summed E-state index contributed by atoms with van der Waals surface area (Å²) in [6.07, 6.45) is 1.73. The van der Waals surface area contributed by atoms with Gasteiger partial charge in [-0.25, -0.2) is 0 Å². The normalized spacial score (nSPS) is 10.8. The fourth-order valence-corrected chi connectivity index (χ4v) is 2.54. The van der Waals surface area contributed by atoms with Gasteiger partial charge in [0.25, 0.3) is 0 Å². The highest BCUT2D eigenvalue weighted by atomic mass is 35.5. The number of pyridine rings is 1. The molecule has 3 rings (SSSR count). The van der Waals surface area contributed by atoms with Crippen molar-refractivity contribution in [3.05, 3.63) is 64.8 Å². The number of hydrogen-bond acceptors (Lipinski definition) is 3. The summed E-state index contributed by atoms with van der Waals surface area (Å²) in [4.78, 5) is 4.38. The van der Waals surface area contributed by atoms with Gasteiger partial charge < -0.3 is 10.5 Å². The van der Waals surface area contributed by atoms with Gasteiger partial charge in [-0.3, -0.25) is 4.98 Å². The lowest BCUT2D eigenvalue weighted by Gasteiger charge is -2.14. The maximum absolute atomic E-state index is 6.21. The molecule has 3 nitrogen and oxygen atoms in total. The topological polar surface area (TPSA) is 48.1 Å². The second kappa shape index (κ2) is 5.72. The van der Waals surface area contributed by atoms with E-state index in [0.717, 1.165) is 27.8 Å². The van der Waals surface area contributed by atoms with Gasteiger partial charge in [0.2, 0.25) is 0 Å². The SMILES string of the molecule is Cc1cccc(CN)c1Oc1ccc(Cl)c2cccnc12. The summed E-state index contributed by atoms with van der Waals surface area (Å²) in [7, 11) is 0. The molecule has 1 heterocycles. The van der Waals surface area contributed by atoms with Crippen molar-refractivity contribution in [1.29, 1.82) is 0 Å². The first-order chi connectivity index (χ1) is 10.2. The van der Waals surface area contributed by atoms with Gasteiger partial charge in [-0.05, 0) is 36.8 Å². The molecule has 106 valence electrons. The van der Waals surface area contributed by atoms with Crippen molar-refractivity contribution in [2.75, 3.05) is 0 Å². The number of nitrogens with zero attached hydrogens (tertiary/aromatic N) is 1. The third-order valence-corrected chi connectivity index (χ3v) is 3.73. The van der Waals surface area contributed by atoms with Crippen LogP contribution >= 0.6 is 11.6 Å². The van der Waals surface area contributed by atoms with E-state index in [0.29, 0.717) is 17.3 Å². The van der Waals surface area contributed by atoms with Gasteiger partial charge >= 0.3 is 0 Å². The van der Waals surface area contributed by atoms with E-state index in [1.54, 1.807) is 6.20 Å². The van der Waals surface area contributed by atoms with Crippen molar-refractivity contribution >= 4 is 22.5 Å². The van der Waals surface area contributed by atoms with E-state index < -0.39 is 0 Å². The van der Waals surface area contributed by atoms with Crippen LogP contribution in [0.15, 0.2) is 48.7 Å². The van der Waals surface area contributed by atoms with Crippen LogP contribution in [0, 0.1) is 6.92 Å². The van der Waals surface area contributed by atoms with E-state index in [9.17, 15) is 0 Å². The maximum atomic E-state index is 6.21. The van der Waals surface area contributed by atoms with Crippen LogP contribution in [-0.2, 0) is 6.54 Å². The molecule has 0 spiro atoms. The zero-order chi connectivity index (χ0) is 14.8. The second-order valence-electron chi connectivity index (χ2n) is 4.81. The van der Waals surface area contributed by atoms with Gasteiger partial charge in [-0.15, -0.1) is 0 Å². The third-order valence-electron chi connectivity index (χ3n) is 3.40. The van der Waals surface area contributed by atoms with E-state index in [-0.39, 0.29) is 0 Å². The molecule has 0 atom stereocenters. The van der Waals surface area contributed by atoms with Gasteiger partial charge in [0.05, 0.1) is 5.02 Å². The van der Waals surface area contributed by atoms with Crippen LogP contribution in [0.25, 0.3) is 10.9 Å². The van der Waals surface area contributed by atoms with Gasteiger partial charge in [0.1, 0.15) is 11.3 Å². The highest BCUT2D eigenvalue weighted by Crippen LogP contribution is 2.35. The van der Waals surface area contributed by atoms with Crippen molar-refractivity contribution in [3.8, 4) is 11.5 Å². The van der Waals surface area contributed by atoms with Gasteiger partial charge in [-0.1, -0.05) is 29.8 Å². The Kier molecular flexibility index (Phi) is 3.78. The largest absolute Gasteiger partial charge is 0.454 e. The number of rotatable bonds is 3. The standard InChI is InChI=1S/C17H15ClN2O/c1-11-4-2-5-12(10-19)17(11)21-15-8-7-14(18)13-6-3-9-20-16(13)15/h2-9H,10,19H2,1H3. The number of nitrogens with two attached hydrogens (primary N) is 1. The Hall–Kier alpha value is -2.10. The van der Waals surface area contributed by atoms with Crippen LogP contribution < -0.4 is 10.5 Å². The van der Waals surface area contributed by atoms with E-state index in [4.69, 9.17) is 22.1 Å². The van der Waals surface area contributed by atoms with Crippen molar-refractivity contribution < 1.29 is 4.74 Å². The fourth-order valence-electron chi connectivity index (χ4n) is 2.32. The van der Waals surface area contributed by atoms with Crippen LogP contribution in [0.5, 0.6) is 11.5 Å². The molecule has 0 saturated heterocycles. The second-order valence-corrected chi connectivity index (χ2v) is 5.22. The van der Waals surface area contributed by atoms with Crippen molar-refractivity contribution in [3.63, 3.8) is 0 Å². The average molecular weight is 299 g/mol. The van der Waals surface area contributed by atoms with Gasteiger partial charge in [0, 0.05) is 23.7 Å². The number of fused-ring (bicyclic) bond motifs is 1. The number of aryl methyl sites for hydroxylation is 1. The molecule has 2 N–H and O–H groups in total. The summed E-state index contributed by atoms with van der Waals surface area (Å²) in [5.74, 6) is 1.47. The minimum Gasteiger partial charge on any atom is -0.454 e. The number of hydrogen-bond donors (Lipinski definition) is 1. The molecule has 0 amide bonds. The van der Waals surface area contributed by atoms with Crippen molar-refractivity contribution in [1.82, 2.24) is 4.98 Å². The van der Waals surface area contributed by atoms with E-state index >= 15 is 0 Å².